The minimum Gasteiger partial charge on any atom is -0.0886 e. The second kappa shape index (κ2) is 10.9. The number of hydrogen-bond acceptors (Lipinski definition) is 0. The van der Waals surface area contributed by atoms with E-state index < -0.39 is 0 Å². The molecule has 3 rings (SSSR count). The molecule has 0 saturated heterocycles. The van der Waals surface area contributed by atoms with Crippen molar-refractivity contribution in [1.29, 1.82) is 0 Å². The molecule has 28 heavy (non-hydrogen) atoms. The van der Waals surface area contributed by atoms with Gasteiger partial charge >= 0.3 is 0 Å². The molecule has 0 N–H and O–H groups in total. The Bertz CT molecular complexity index is 594. The van der Waals surface area contributed by atoms with Crippen molar-refractivity contribution in [1.82, 2.24) is 0 Å². The van der Waals surface area contributed by atoms with Gasteiger partial charge in [-0.25, -0.2) is 0 Å². The lowest BCUT2D eigenvalue weighted by molar-refractivity contribution is 0.151. The maximum Gasteiger partial charge on any atom is 0.0699 e. The van der Waals surface area contributed by atoms with E-state index in [-0.39, 0.29) is 0 Å². The maximum absolute atomic E-state index is 6.31. The monoisotopic (exact) mass is 392 g/mol. The molecule has 7 unspecified atom stereocenters. The summed E-state index contributed by atoms with van der Waals surface area (Å²) in [6, 6.07) is 11.2. The Kier molecular flexibility index (Phi) is 8.51. The fraction of sp³-hybridized carbons (Fsp3) is 0.692. The van der Waals surface area contributed by atoms with Crippen LogP contribution in [-0.2, 0) is 6.42 Å². The predicted molar refractivity (Wildman–Crippen MR) is 128 cm³/mol. The molecule has 0 heterocycles. The first-order valence-electron chi connectivity index (χ1n) is 12.0. The van der Waals surface area contributed by atoms with Crippen LogP contribution in [0.2, 0.25) is 11.4 Å². The molecule has 1 aromatic carbocycles. The minimum atomic E-state index is 0.370. The standard InChI is InChI=1S/C26H41BSi/c1-19(28)8-6-7-11-22-15-23(14-21-9-4-3-5-10-21)17-26-18-24(20(2)27)12-13-25(26)16-22/h3-7,9-10,19-20,22-26H,8,11-18H2,1-2,28H3/b7-6-. The van der Waals surface area contributed by atoms with Gasteiger partial charge in [0.2, 0.25) is 0 Å². The van der Waals surface area contributed by atoms with E-state index in [0.29, 0.717) is 5.82 Å². The Labute approximate surface area is 178 Å². The Morgan fingerprint density at radius 3 is 2.43 bits per heavy atom. The van der Waals surface area contributed by atoms with Crippen molar-refractivity contribution in [3.05, 3.63) is 48.0 Å². The molecular weight excluding hydrogens is 351 g/mol. The van der Waals surface area contributed by atoms with E-state index in [0.717, 1.165) is 35.1 Å². The first kappa shape index (κ1) is 21.9. The summed E-state index contributed by atoms with van der Waals surface area (Å²) in [4.78, 5) is 0. The van der Waals surface area contributed by atoms with Gasteiger partial charge in [0, 0.05) is 10.2 Å². The molecule has 0 nitrogen and oxygen atoms in total. The Morgan fingerprint density at radius 1 is 0.964 bits per heavy atom. The molecule has 152 valence electrons. The molecule has 2 fully saturated rings. The average Bonchev–Trinajstić information content (AvgIpc) is 2.83. The number of rotatable bonds is 7. The van der Waals surface area contributed by atoms with Gasteiger partial charge in [-0.1, -0.05) is 74.1 Å². The SMILES string of the molecule is [B]C(C)C1CCC2CC(C/C=C\CC(C)[SiH3])CC(Cc3ccccc3)CC2C1. The average molecular weight is 393 g/mol. The number of fused-ring (bicyclic) bond motifs is 1. The van der Waals surface area contributed by atoms with E-state index in [2.05, 4.69) is 56.3 Å². The van der Waals surface area contributed by atoms with Gasteiger partial charge < -0.3 is 0 Å². The molecule has 7 atom stereocenters. The Balaban J connectivity index is 1.68. The largest absolute Gasteiger partial charge is 0.0886 e. The van der Waals surface area contributed by atoms with E-state index in [4.69, 9.17) is 7.85 Å². The van der Waals surface area contributed by atoms with Crippen LogP contribution in [0.1, 0.15) is 70.8 Å². The van der Waals surface area contributed by atoms with Crippen LogP contribution in [0.25, 0.3) is 0 Å². The van der Waals surface area contributed by atoms with Crippen molar-refractivity contribution in [2.24, 2.45) is 29.6 Å². The van der Waals surface area contributed by atoms with Gasteiger partial charge in [-0.05, 0) is 86.5 Å². The third kappa shape index (κ3) is 6.65. The number of allylic oxidation sites excluding steroid dienone is 2. The third-order valence-corrected chi connectivity index (χ3v) is 7.94. The zero-order chi connectivity index (χ0) is 19.9. The van der Waals surface area contributed by atoms with Crippen LogP contribution >= 0.6 is 0 Å². The fourth-order valence-corrected chi connectivity index (χ4v) is 6.20. The summed E-state index contributed by atoms with van der Waals surface area (Å²) in [5.41, 5.74) is 2.44. The van der Waals surface area contributed by atoms with E-state index in [1.54, 1.807) is 0 Å². The van der Waals surface area contributed by atoms with Crippen LogP contribution in [0.4, 0.5) is 0 Å². The van der Waals surface area contributed by atoms with Crippen LogP contribution in [0.15, 0.2) is 42.5 Å². The zero-order valence-corrected chi connectivity index (χ0v) is 20.5. The normalized spacial score (nSPS) is 33.3. The molecule has 0 bridgehead atoms. The molecule has 0 spiro atoms. The lowest BCUT2D eigenvalue weighted by Gasteiger charge is -2.38. The van der Waals surface area contributed by atoms with Crippen LogP contribution < -0.4 is 0 Å². The lowest BCUT2D eigenvalue weighted by atomic mass is 9.63. The first-order valence-corrected chi connectivity index (χ1v) is 13.1. The van der Waals surface area contributed by atoms with Gasteiger partial charge in [0.1, 0.15) is 0 Å². The molecular formula is C26H41BSi. The highest BCUT2D eigenvalue weighted by Gasteiger charge is 2.37. The molecule has 0 aliphatic heterocycles. The highest BCUT2D eigenvalue weighted by atomic mass is 28.1. The summed E-state index contributed by atoms with van der Waals surface area (Å²) in [5.74, 6) is 4.72. The van der Waals surface area contributed by atoms with Crippen molar-refractivity contribution < 1.29 is 0 Å². The van der Waals surface area contributed by atoms with Crippen LogP contribution in [-0.4, -0.2) is 18.1 Å². The van der Waals surface area contributed by atoms with E-state index in [9.17, 15) is 0 Å². The highest BCUT2D eigenvalue weighted by molar-refractivity contribution is 6.11. The summed E-state index contributed by atoms with van der Waals surface area (Å²) in [7, 11) is 7.63. The summed E-state index contributed by atoms with van der Waals surface area (Å²) in [6.07, 6.45) is 17.3. The second-order valence-corrected chi connectivity index (χ2v) is 12.4. The van der Waals surface area contributed by atoms with Crippen LogP contribution in [0.5, 0.6) is 0 Å². The van der Waals surface area contributed by atoms with Crippen molar-refractivity contribution in [3.63, 3.8) is 0 Å². The molecule has 2 saturated carbocycles. The fourth-order valence-electron chi connectivity index (χ4n) is 5.92. The van der Waals surface area contributed by atoms with Gasteiger partial charge in [0.05, 0.1) is 7.85 Å². The van der Waals surface area contributed by atoms with Gasteiger partial charge in [-0.15, -0.1) is 0 Å². The molecule has 0 aromatic heterocycles. The van der Waals surface area contributed by atoms with Crippen LogP contribution in [0.3, 0.4) is 0 Å². The number of benzene rings is 1. The van der Waals surface area contributed by atoms with Crippen molar-refractivity contribution in [3.8, 4) is 0 Å². The summed E-state index contributed by atoms with van der Waals surface area (Å²) in [5, 5.41) is 0. The van der Waals surface area contributed by atoms with Gasteiger partial charge in [-0.2, -0.15) is 0 Å². The summed E-state index contributed by atoms with van der Waals surface area (Å²) < 4.78 is 0. The zero-order valence-electron chi connectivity index (χ0n) is 18.5. The smallest absolute Gasteiger partial charge is 0.0699 e. The second-order valence-electron chi connectivity index (χ2n) is 10.4. The summed E-state index contributed by atoms with van der Waals surface area (Å²) in [6.45, 7) is 4.61. The quantitative estimate of drug-likeness (QED) is 0.385. The highest BCUT2D eigenvalue weighted by Crippen LogP contribution is 2.48. The van der Waals surface area contributed by atoms with Gasteiger partial charge in [-0.3, -0.25) is 0 Å². The lowest BCUT2D eigenvalue weighted by Crippen LogP contribution is -2.27. The number of hydrogen-bond donors (Lipinski definition) is 0. The topological polar surface area (TPSA) is 0 Å². The minimum absolute atomic E-state index is 0.370. The van der Waals surface area contributed by atoms with Gasteiger partial charge in [0.15, 0.2) is 0 Å². The first-order chi connectivity index (χ1) is 13.5. The Hall–Kier alpha value is -0.758. The predicted octanol–water partition coefficient (Wildman–Crippen LogP) is 6.17. The molecule has 2 heteroatoms. The van der Waals surface area contributed by atoms with Gasteiger partial charge in [0.25, 0.3) is 0 Å². The molecule has 2 aliphatic rings. The van der Waals surface area contributed by atoms with E-state index in [1.807, 2.05) is 0 Å². The Morgan fingerprint density at radius 2 is 1.71 bits per heavy atom. The van der Waals surface area contributed by atoms with Crippen molar-refractivity contribution in [2.45, 2.75) is 83.0 Å². The van der Waals surface area contributed by atoms with Crippen molar-refractivity contribution >= 4 is 18.1 Å². The maximum atomic E-state index is 6.31. The summed E-state index contributed by atoms with van der Waals surface area (Å²) >= 11 is 0. The molecule has 2 aliphatic carbocycles. The molecule has 2 radical (unpaired) electrons. The third-order valence-electron chi connectivity index (χ3n) is 7.47. The van der Waals surface area contributed by atoms with Crippen molar-refractivity contribution in [2.75, 3.05) is 0 Å². The molecule has 0 amide bonds. The van der Waals surface area contributed by atoms with Crippen LogP contribution in [0, 0.1) is 29.6 Å². The van der Waals surface area contributed by atoms with E-state index in [1.165, 1.54) is 73.6 Å². The van der Waals surface area contributed by atoms with E-state index >= 15 is 0 Å². The molecule has 1 aromatic rings.